The average molecular weight is 631 g/mol. The van der Waals surface area contributed by atoms with Gasteiger partial charge in [-0.15, -0.1) is 0 Å². The topological polar surface area (TPSA) is 135 Å². The lowest BCUT2D eigenvalue weighted by Gasteiger charge is -2.67. The SMILES string of the molecule is CC(C)(C)OC(=O)NCc1ccc(NC(=O)C23CC(C(=O)Nc4ccc(C5=CCC(NC(=O)OC(C)(C)C)CC5)cc4)(C2)C3)cc1. The third-order valence-electron chi connectivity index (χ3n) is 8.69. The minimum Gasteiger partial charge on any atom is -0.444 e. The zero-order chi connectivity index (χ0) is 33.3. The van der Waals surface area contributed by atoms with Gasteiger partial charge in [-0.2, -0.15) is 0 Å². The highest BCUT2D eigenvalue weighted by molar-refractivity contribution is 6.05. The number of ether oxygens (including phenoxy) is 2. The maximum Gasteiger partial charge on any atom is 0.407 e. The fourth-order valence-electron chi connectivity index (χ4n) is 6.46. The monoisotopic (exact) mass is 630 g/mol. The Bertz CT molecular complexity index is 1500. The molecule has 10 nitrogen and oxygen atoms in total. The Morgan fingerprint density at radius 1 is 0.739 bits per heavy atom. The van der Waals surface area contributed by atoms with Crippen molar-refractivity contribution < 1.29 is 28.7 Å². The molecule has 3 saturated carbocycles. The van der Waals surface area contributed by atoms with Crippen molar-refractivity contribution in [2.24, 2.45) is 10.8 Å². The Hall–Kier alpha value is -4.34. The van der Waals surface area contributed by atoms with E-state index >= 15 is 0 Å². The number of hydrogen-bond donors (Lipinski definition) is 4. The van der Waals surface area contributed by atoms with Gasteiger partial charge in [-0.25, -0.2) is 9.59 Å². The number of carbonyl (C=O) groups excluding carboxylic acids is 4. The molecule has 2 aromatic rings. The highest BCUT2D eigenvalue weighted by atomic mass is 16.6. The second-order valence-corrected chi connectivity index (χ2v) is 15.0. The van der Waals surface area contributed by atoms with Gasteiger partial charge < -0.3 is 30.7 Å². The Labute approximate surface area is 271 Å². The van der Waals surface area contributed by atoms with Crippen LogP contribution in [0.1, 0.15) is 91.2 Å². The molecule has 246 valence electrons. The quantitative estimate of drug-likeness (QED) is 0.250. The molecule has 4 amide bonds. The molecule has 0 heterocycles. The Balaban J connectivity index is 1.05. The van der Waals surface area contributed by atoms with Gasteiger partial charge >= 0.3 is 12.2 Å². The highest BCUT2D eigenvalue weighted by Crippen LogP contribution is 2.73. The van der Waals surface area contributed by atoms with Crippen LogP contribution in [0.3, 0.4) is 0 Å². The third kappa shape index (κ3) is 7.89. The van der Waals surface area contributed by atoms with Gasteiger partial charge in [0.15, 0.2) is 0 Å². The molecule has 0 spiro atoms. The third-order valence-corrected chi connectivity index (χ3v) is 8.69. The summed E-state index contributed by atoms with van der Waals surface area (Å²) in [7, 11) is 0. The summed E-state index contributed by atoms with van der Waals surface area (Å²) in [6.45, 7) is 11.3. The molecular formula is C36H46N4O6. The van der Waals surface area contributed by atoms with Crippen LogP contribution < -0.4 is 21.3 Å². The van der Waals surface area contributed by atoms with Crippen molar-refractivity contribution in [3.8, 4) is 0 Å². The van der Waals surface area contributed by atoms with Crippen LogP contribution in [0, 0.1) is 10.8 Å². The molecule has 46 heavy (non-hydrogen) atoms. The van der Waals surface area contributed by atoms with E-state index in [-0.39, 0.29) is 23.9 Å². The first-order valence-corrected chi connectivity index (χ1v) is 16.0. The van der Waals surface area contributed by atoms with E-state index in [2.05, 4.69) is 27.3 Å². The number of anilines is 2. The highest BCUT2D eigenvalue weighted by Gasteiger charge is 2.74. The number of alkyl carbamates (subject to hydrolysis) is 2. The van der Waals surface area contributed by atoms with Crippen LogP contribution in [0.2, 0.25) is 0 Å². The lowest BCUT2D eigenvalue weighted by atomic mass is 9.34. The first kappa shape index (κ1) is 33.0. The number of carbonyl (C=O) groups is 4. The first-order valence-electron chi connectivity index (χ1n) is 16.0. The van der Waals surface area contributed by atoms with Crippen molar-refractivity contribution in [3.05, 3.63) is 65.7 Å². The molecule has 2 bridgehead atoms. The van der Waals surface area contributed by atoms with Crippen molar-refractivity contribution in [2.75, 3.05) is 10.6 Å². The molecule has 1 atom stereocenters. The summed E-state index contributed by atoms with van der Waals surface area (Å²) in [5.41, 5.74) is 2.55. The van der Waals surface area contributed by atoms with E-state index in [1.54, 1.807) is 0 Å². The summed E-state index contributed by atoms with van der Waals surface area (Å²) in [5.74, 6) is -0.0971. The van der Waals surface area contributed by atoms with Gasteiger partial charge in [-0.05, 0) is 121 Å². The van der Waals surface area contributed by atoms with Crippen LogP contribution in [-0.4, -0.2) is 41.2 Å². The van der Waals surface area contributed by atoms with Crippen LogP contribution >= 0.6 is 0 Å². The number of amides is 4. The van der Waals surface area contributed by atoms with E-state index < -0.39 is 28.1 Å². The molecule has 4 aliphatic rings. The predicted octanol–water partition coefficient (Wildman–Crippen LogP) is 6.92. The van der Waals surface area contributed by atoms with E-state index in [9.17, 15) is 19.2 Å². The maximum absolute atomic E-state index is 13.2. The van der Waals surface area contributed by atoms with E-state index in [0.29, 0.717) is 31.5 Å². The average Bonchev–Trinajstić information content (AvgIpc) is 2.90. The summed E-state index contributed by atoms with van der Waals surface area (Å²) < 4.78 is 10.6. The smallest absolute Gasteiger partial charge is 0.407 e. The summed E-state index contributed by atoms with van der Waals surface area (Å²) in [6.07, 6.45) is 5.33. The van der Waals surface area contributed by atoms with Crippen LogP contribution in [0.25, 0.3) is 5.57 Å². The second kappa shape index (κ2) is 12.5. The molecule has 10 heteroatoms. The van der Waals surface area contributed by atoms with E-state index in [0.717, 1.165) is 36.1 Å². The van der Waals surface area contributed by atoms with Gasteiger partial charge in [-0.3, -0.25) is 9.59 Å². The van der Waals surface area contributed by atoms with Crippen LogP contribution in [0.4, 0.5) is 21.0 Å². The fourth-order valence-corrected chi connectivity index (χ4v) is 6.46. The van der Waals surface area contributed by atoms with Crippen molar-refractivity contribution >= 4 is 40.9 Å². The molecule has 4 aliphatic carbocycles. The zero-order valence-electron chi connectivity index (χ0n) is 27.7. The van der Waals surface area contributed by atoms with Crippen molar-refractivity contribution in [1.82, 2.24) is 10.6 Å². The number of allylic oxidation sites excluding steroid dienone is 1. The van der Waals surface area contributed by atoms with Gasteiger partial charge in [0, 0.05) is 24.0 Å². The normalized spacial score (nSPS) is 23.4. The molecular weight excluding hydrogens is 584 g/mol. The Kier molecular flexibility index (Phi) is 8.94. The number of benzene rings is 2. The summed E-state index contributed by atoms with van der Waals surface area (Å²) in [4.78, 5) is 50.2. The largest absolute Gasteiger partial charge is 0.444 e. The van der Waals surface area contributed by atoms with Gasteiger partial charge in [0.25, 0.3) is 0 Å². The van der Waals surface area contributed by atoms with Gasteiger partial charge in [0.2, 0.25) is 11.8 Å². The summed E-state index contributed by atoms with van der Waals surface area (Å²) >= 11 is 0. The van der Waals surface area contributed by atoms with Crippen molar-refractivity contribution in [2.45, 2.75) is 104 Å². The number of nitrogens with one attached hydrogen (secondary N) is 4. The number of hydrogen-bond acceptors (Lipinski definition) is 6. The van der Waals surface area contributed by atoms with E-state index in [4.69, 9.17) is 9.47 Å². The predicted molar refractivity (Wildman–Crippen MR) is 177 cm³/mol. The second-order valence-electron chi connectivity index (χ2n) is 15.0. The fraction of sp³-hybridized carbons (Fsp3) is 0.500. The molecule has 0 saturated heterocycles. The zero-order valence-corrected chi connectivity index (χ0v) is 27.7. The Morgan fingerprint density at radius 3 is 1.72 bits per heavy atom. The minimum absolute atomic E-state index is 0.0373. The van der Waals surface area contributed by atoms with Gasteiger partial charge in [0.1, 0.15) is 11.2 Å². The van der Waals surface area contributed by atoms with E-state index in [1.165, 1.54) is 5.57 Å². The maximum atomic E-state index is 13.2. The van der Waals surface area contributed by atoms with Crippen LogP contribution in [0.15, 0.2) is 54.6 Å². The molecule has 0 aromatic heterocycles. The van der Waals surface area contributed by atoms with Crippen LogP contribution in [-0.2, 0) is 25.6 Å². The van der Waals surface area contributed by atoms with Crippen molar-refractivity contribution in [1.29, 1.82) is 0 Å². The standard InChI is InChI=1S/C36H46N4O6/c1-33(2,3)45-31(43)37-19-23-7-13-26(14-8-23)38-29(41)35-20-36(21-35,22-35)30(42)39-27-15-9-24(10-16-27)25-11-17-28(18-12-25)40-32(44)46-34(4,5)6/h7-11,13-16,28H,12,17-22H2,1-6H3,(H,37,43)(H,38,41)(H,39,42)(H,40,44). The molecule has 4 N–H and O–H groups in total. The summed E-state index contributed by atoms with van der Waals surface area (Å²) in [6, 6.07) is 15.2. The lowest BCUT2D eigenvalue weighted by molar-refractivity contribution is -0.201. The lowest BCUT2D eigenvalue weighted by Crippen LogP contribution is -2.70. The molecule has 1 unspecified atom stereocenters. The van der Waals surface area contributed by atoms with Gasteiger partial charge in [0.05, 0.1) is 10.8 Å². The molecule has 2 aromatic carbocycles. The molecule has 6 rings (SSSR count). The molecule has 3 fully saturated rings. The summed E-state index contributed by atoms with van der Waals surface area (Å²) in [5, 5.41) is 11.7. The van der Waals surface area contributed by atoms with Gasteiger partial charge in [-0.1, -0.05) is 30.3 Å². The molecule has 0 radical (unpaired) electrons. The van der Waals surface area contributed by atoms with Crippen LogP contribution in [0.5, 0.6) is 0 Å². The van der Waals surface area contributed by atoms with E-state index in [1.807, 2.05) is 90.1 Å². The first-order chi connectivity index (χ1) is 21.5. The Morgan fingerprint density at radius 2 is 1.24 bits per heavy atom. The molecule has 0 aliphatic heterocycles. The van der Waals surface area contributed by atoms with Crippen molar-refractivity contribution in [3.63, 3.8) is 0 Å². The number of rotatable bonds is 8. The minimum atomic E-state index is -0.561.